The molecule has 0 aliphatic rings. The molecule has 0 amide bonds. The van der Waals surface area contributed by atoms with Crippen LogP contribution in [0.15, 0.2) is 51.4 Å². The Hall–Kier alpha value is -1.76. The molecule has 0 bridgehead atoms. The van der Waals surface area contributed by atoms with Crippen LogP contribution in [0.3, 0.4) is 0 Å². The van der Waals surface area contributed by atoms with Gasteiger partial charge in [0.2, 0.25) is 0 Å². The quantitative estimate of drug-likeness (QED) is 0.461. The molecule has 3 aromatic heterocycles. The SMILES string of the molecule is Cc1csc(-c2cc3cccc(NSc4cccs4)c3[nH]2)n1. The molecule has 6 heteroatoms. The van der Waals surface area contributed by atoms with Gasteiger partial charge in [-0.1, -0.05) is 18.2 Å². The molecular weight excluding hydrogens is 330 g/mol. The minimum Gasteiger partial charge on any atom is -0.351 e. The van der Waals surface area contributed by atoms with Crippen molar-refractivity contribution in [3.8, 4) is 10.7 Å². The van der Waals surface area contributed by atoms with Crippen LogP contribution >= 0.6 is 34.6 Å². The molecule has 2 N–H and O–H groups in total. The summed E-state index contributed by atoms with van der Waals surface area (Å²) in [5, 5.41) is 6.39. The fraction of sp³-hybridized carbons (Fsp3) is 0.0625. The van der Waals surface area contributed by atoms with Crippen molar-refractivity contribution in [2.45, 2.75) is 11.1 Å². The fourth-order valence-corrected chi connectivity index (χ4v) is 4.49. The number of hydrogen-bond donors (Lipinski definition) is 2. The van der Waals surface area contributed by atoms with E-state index in [1.165, 1.54) is 9.60 Å². The second-order valence-electron chi connectivity index (χ2n) is 4.88. The Labute approximate surface area is 140 Å². The number of anilines is 1. The number of hydrogen-bond acceptors (Lipinski definition) is 5. The van der Waals surface area contributed by atoms with E-state index in [0.29, 0.717) is 0 Å². The van der Waals surface area contributed by atoms with E-state index in [4.69, 9.17) is 0 Å². The molecule has 0 saturated carbocycles. The summed E-state index contributed by atoms with van der Waals surface area (Å²) in [5.41, 5.74) is 4.35. The standard InChI is InChI=1S/C16H13N3S3/c1-10-9-21-16(17-10)13-8-11-4-2-5-12(15(11)18-13)19-22-14-6-3-7-20-14/h2-9,18-19H,1H3. The summed E-state index contributed by atoms with van der Waals surface area (Å²) in [5.74, 6) is 0. The summed E-state index contributed by atoms with van der Waals surface area (Å²) in [7, 11) is 0. The number of nitrogens with one attached hydrogen (secondary N) is 2. The number of aromatic amines is 1. The van der Waals surface area contributed by atoms with E-state index in [1.807, 2.05) is 6.92 Å². The minimum atomic E-state index is 1.03. The largest absolute Gasteiger partial charge is 0.351 e. The lowest BCUT2D eigenvalue weighted by Gasteiger charge is -2.04. The molecule has 0 aliphatic heterocycles. The molecule has 0 unspecified atom stereocenters. The lowest BCUT2D eigenvalue weighted by molar-refractivity contribution is 1.25. The molecule has 4 aromatic rings. The minimum absolute atomic E-state index is 1.03. The third-order valence-corrected chi connectivity index (χ3v) is 6.12. The van der Waals surface area contributed by atoms with Gasteiger partial charge in [0.1, 0.15) is 5.01 Å². The summed E-state index contributed by atoms with van der Waals surface area (Å²) in [6, 6.07) is 12.6. The first kappa shape index (κ1) is 13.9. The van der Waals surface area contributed by atoms with Crippen molar-refractivity contribution in [1.29, 1.82) is 0 Å². The highest BCUT2D eigenvalue weighted by Crippen LogP contribution is 2.33. The maximum atomic E-state index is 4.56. The third-order valence-electron chi connectivity index (χ3n) is 3.26. The molecule has 0 fully saturated rings. The van der Waals surface area contributed by atoms with E-state index in [-0.39, 0.29) is 0 Å². The number of fused-ring (bicyclic) bond motifs is 1. The van der Waals surface area contributed by atoms with Gasteiger partial charge in [0.05, 0.1) is 21.1 Å². The highest BCUT2D eigenvalue weighted by molar-refractivity contribution is 8.02. The second kappa shape index (κ2) is 5.79. The van der Waals surface area contributed by atoms with Gasteiger partial charge in [-0.05, 0) is 42.5 Å². The number of rotatable bonds is 4. The lowest BCUT2D eigenvalue weighted by Crippen LogP contribution is -1.86. The van der Waals surface area contributed by atoms with E-state index in [2.05, 4.69) is 61.8 Å². The predicted octanol–water partition coefficient (Wildman–Crippen LogP) is 5.78. The maximum absolute atomic E-state index is 4.56. The van der Waals surface area contributed by atoms with Crippen LogP contribution in [0.1, 0.15) is 5.69 Å². The van der Waals surface area contributed by atoms with E-state index in [1.54, 1.807) is 34.6 Å². The summed E-state index contributed by atoms with van der Waals surface area (Å²) < 4.78 is 4.69. The molecule has 0 atom stereocenters. The molecule has 3 nitrogen and oxygen atoms in total. The average molecular weight is 344 g/mol. The van der Waals surface area contributed by atoms with Crippen LogP contribution in [0.2, 0.25) is 0 Å². The van der Waals surface area contributed by atoms with Crippen molar-refractivity contribution < 1.29 is 0 Å². The highest BCUT2D eigenvalue weighted by atomic mass is 32.2. The Morgan fingerprint density at radius 2 is 2.14 bits per heavy atom. The molecule has 1 aromatic carbocycles. The van der Waals surface area contributed by atoms with Crippen LogP contribution in [0.4, 0.5) is 5.69 Å². The Morgan fingerprint density at radius 3 is 2.91 bits per heavy atom. The monoisotopic (exact) mass is 343 g/mol. The predicted molar refractivity (Wildman–Crippen MR) is 97.9 cm³/mol. The van der Waals surface area contributed by atoms with Gasteiger partial charge in [-0.15, -0.1) is 22.7 Å². The first-order valence-corrected chi connectivity index (χ1v) is 9.38. The van der Waals surface area contributed by atoms with Crippen molar-refractivity contribution in [2.75, 3.05) is 4.72 Å². The van der Waals surface area contributed by atoms with E-state index < -0.39 is 0 Å². The molecule has 4 rings (SSSR count). The smallest absolute Gasteiger partial charge is 0.139 e. The zero-order chi connectivity index (χ0) is 14.9. The van der Waals surface area contributed by atoms with Crippen molar-refractivity contribution in [2.24, 2.45) is 0 Å². The number of thiazole rings is 1. The molecule has 3 heterocycles. The van der Waals surface area contributed by atoms with E-state index in [0.717, 1.165) is 27.6 Å². The molecule has 0 radical (unpaired) electrons. The molecular formula is C16H13N3S3. The van der Waals surface area contributed by atoms with Gasteiger partial charge >= 0.3 is 0 Å². The average Bonchev–Trinajstić information content (AvgIpc) is 3.24. The van der Waals surface area contributed by atoms with Crippen LogP contribution < -0.4 is 4.72 Å². The van der Waals surface area contributed by atoms with Crippen molar-refractivity contribution in [3.63, 3.8) is 0 Å². The van der Waals surface area contributed by atoms with Crippen LogP contribution in [0.25, 0.3) is 21.6 Å². The Balaban J connectivity index is 1.68. The van der Waals surface area contributed by atoms with Gasteiger partial charge in [-0.25, -0.2) is 4.98 Å². The van der Waals surface area contributed by atoms with E-state index in [9.17, 15) is 0 Å². The first-order chi connectivity index (χ1) is 10.8. The third kappa shape index (κ3) is 2.65. The van der Waals surface area contributed by atoms with Gasteiger partial charge in [0.15, 0.2) is 0 Å². The zero-order valence-electron chi connectivity index (χ0n) is 11.8. The zero-order valence-corrected chi connectivity index (χ0v) is 14.2. The molecule has 22 heavy (non-hydrogen) atoms. The van der Waals surface area contributed by atoms with Crippen LogP contribution in [0.5, 0.6) is 0 Å². The normalized spacial score (nSPS) is 11.1. The lowest BCUT2D eigenvalue weighted by atomic mass is 10.2. The fourth-order valence-electron chi connectivity index (χ4n) is 2.26. The number of nitrogens with zero attached hydrogens (tertiary/aromatic N) is 1. The number of thiophene rings is 1. The summed E-state index contributed by atoms with van der Waals surface area (Å²) >= 11 is 5.04. The first-order valence-electron chi connectivity index (χ1n) is 6.80. The summed E-state index contributed by atoms with van der Waals surface area (Å²) in [6.45, 7) is 2.02. The molecule has 0 aliphatic carbocycles. The number of benzene rings is 1. The topological polar surface area (TPSA) is 40.7 Å². The highest BCUT2D eigenvalue weighted by Gasteiger charge is 2.09. The van der Waals surface area contributed by atoms with Crippen molar-refractivity contribution >= 4 is 51.2 Å². The van der Waals surface area contributed by atoms with Crippen LogP contribution in [0, 0.1) is 6.92 Å². The Morgan fingerprint density at radius 1 is 1.18 bits per heavy atom. The Kier molecular flexibility index (Phi) is 3.65. The maximum Gasteiger partial charge on any atom is 0.139 e. The number of H-pyrrole nitrogens is 1. The van der Waals surface area contributed by atoms with Gasteiger partial charge in [0.25, 0.3) is 0 Å². The number of aryl methyl sites for hydroxylation is 1. The van der Waals surface area contributed by atoms with Gasteiger partial charge in [-0.2, -0.15) is 0 Å². The van der Waals surface area contributed by atoms with Crippen molar-refractivity contribution in [1.82, 2.24) is 9.97 Å². The molecule has 0 saturated heterocycles. The van der Waals surface area contributed by atoms with Crippen LogP contribution in [-0.4, -0.2) is 9.97 Å². The summed E-state index contributed by atoms with van der Waals surface area (Å²) in [4.78, 5) is 8.06. The van der Waals surface area contributed by atoms with E-state index >= 15 is 0 Å². The Bertz CT molecular complexity index is 906. The molecule has 0 spiro atoms. The van der Waals surface area contributed by atoms with Crippen LogP contribution in [-0.2, 0) is 0 Å². The van der Waals surface area contributed by atoms with Gasteiger partial charge in [-0.3, -0.25) is 0 Å². The van der Waals surface area contributed by atoms with Gasteiger partial charge < -0.3 is 9.71 Å². The number of aromatic nitrogens is 2. The van der Waals surface area contributed by atoms with Crippen molar-refractivity contribution in [3.05, 3.63) is 52.9 Å². The summed E-state index contributed by atoms with van der Waals surface area (Å²) in [6.07, 6.45) is 0. The second-order valence-corrected chi connectivity index (χ2v) is 7.80. The molecule has 110 valence electrons. The number of para-hydroxylation sites is 1. The van der Waals surface area contributed by atoms with Gasteiger partial charge in [0, 0.05) is 16.5 Å².